The van der Waals surface area contributed by atoms with Crippen LogP contribution in [0.15, 0.2) is 59.8 Å². The summed E-state index contributed by atoms with van der Waals surface area (Å²) in [5.74, 6) is 1.12. The average molecular weight is 252 g/mol. The summed E-state index contributed by atoms with van der Waals surface area (Å²) in [4.78, 5) is 5.34. The van der Waals surface area contributed by atoms with Crippen molar-refractivity contribution in [2.45, 2.75) is 11.3 Å². The molecule has 0 radical (unpaired) electrons. The predicted octanol–water partition coefficient (Wildman–Crippen LogP) is 3.84. The van der Waals surface area contributed by atoms with Gasteiger partial charge in [0.1, 0.15) is 0 Å². The lowest BCUT2D eigenvalue weighted by Crippen LogP contribution is -1.88. The Morgan fingerprint density at radius 3 is 2.31 bits per heavy atom. The Balaban J connectivity index is 0.00000128. The first-order chi connectivity index (χ1) is 7.45. The number of thioether (sulfide) groups is 1. The molecular weight excluding hydrogens is 238 g/mol. The van der Waals surface area contributed by atoms with Gasteiger partial charge in [0.05, 0.1) is 0 Å². The molecule has 0 amide bonds. The quantitative estimate of drug-likeness (QED) is 0.766. The third-order valence-corrected chi connectivity index (χ3v) is 3.17. The Bertz CT molecular complexity index is 352. The molecule has 0 bridgehead atoms. The van der Waals surface area contributed by atoms with Crippen molar-refractivity contribution in [1.82, 2.24) is 4.98 Å². The summed E-state index contributed by atoms with van der Waals surface area (Å²) in [6, 6.07) is 14.7. The Kier molecular flexibility index (Phi) is 5.98. The van der Waals surface area contributed by atoms with Gasteiger partial charge in [-0.1, -0.05) is 18.2 Å². The summed E-state index contributed by atoms with van der Waals surface area (Å²) in [5, 5.41) is 0. The highest BCUT2D eigenvalue weighted by atomic mass is 35.5. The molecule has 0 aliphatic rings. The minimum absolute atomic E-state index is 0. The van der Waals surface area contributed by atoms with Crippen molar-refractivity contribution in [3.8, 4) is 0 Å². The number of rotatable bonds is 4. The molecule has 0 saturated carbocycles. The summed E-state index contributed by atoms with van der Waals surface area (Å²) in [6.07, 6.45) is 4.80. The van der Waals surface area contributed by atoms with E-state index in [9.17, 15) is 0 Å². The van der Waals surface area contributed by atoms with Gasteiger partial charge in [0, 0.05) is 23.0 Å². The third kappa shape index (κ3) is 4.25. The van der Waals surface area contributed by atoms with Crippen molar-refractivity contribution in [3.63, 3.8) is 0 Å². The van der Waals surface area contributed by atoms with Crippen LogP contribution in [0, 0.1) is 0 Å². The van der Waals surface area contributed by atoms with Crippen LogP contribution in [0.2, 0.25) is 0 Å². The van der Waals surface area contributed by atoms with Crippen LogP contribution < -0.4 is 0 Å². The smallest absolute Gasteiger partial charge is 0.0270 e. The molecule has 1 aromatic heterocycles. The molecule has 0 atom stereocenters. The fourth-order valence-corrected chi connectivity index (χ4v) is 2.28. The van der Waals surface area contributed by atoms with Crippen LogP contribution in [0.5, 0.6) is 0 Å². The Morgan fingerprint density at radius 1 is 0.938 bits per heavy atom. The molecule has 16 heavy (non-hydrogen) atoms. The van der Waals surface area contributed by atoms with Crippen LogP contribution in [0.25, 0.3) is 0 Å². The van der Waals surface area contributed by atoms with E-state index in [1.165, 1.54) is 10.5 Å². The van der Waals surface area contributed by atoms with E-state index in [2.05, 4.69) is 41.4 Å². The lowest BCUT2D eigenvalue weighted by Gasteiger charge is -2.01. The van der Waals surface area contributed by atoms with Gasteiger partial charge >= 0.3 is 0 Å². The second kappa shape index (κ2) is 7.31. The SMILES string of the molecule is Cl.c1ccc(SCCc2ccncc2)cc1. The van der Waals surface area contributed by atoms with Gasteiger partial charge in [-0.15, -0.1) is 24.2 Å². The van der Waals surface area contributed by atoms with Crippen LogP contribution in [0.3, 0.4) is 0 Å². The highest BCUT2D eigenvalue weighted by molar-refractivity contribution is 7.99. The topological polar surface area (TPSA) is 12.9 Å². The van der Waals surface area contributed by atoms with Crippen molar-refractivity contribution in [2.24, 2.45) is 0 Å². The van der Waals surface area contributed by atoms with Crippen molar-refractivity contribution in [2.75, 3.05) is 5.75 Å². The Morgan fingerprint density at radius 2 is 1.62 bits per heavy atom. The van der Waals surface area contributed by atoms with Gasteiger partial charge in [-0.25, -0.2) is 0 Å². The minimum atomic E-state index is 0. The molecule has 0 aliphatic carbocycles. The summed E-state index contributed by atoms with van der Waals surface area (Å²) < 4.78 is 0. The first kappa shape index (κ1) is 13.1. The number of nitrogens with zero attached hydrogens (tertiary/aromatic N) is 1. The van der Waals surface area contributed by atoms with E-state index in [0.29, 0.717) is 0 Å². The van der Waals surface area contributed by atoms with E-state index in [1.54, 1.807) is 0 Å². The highest BCUT2D eigenvalue weighted by Gasteiger charge is 1.94. The van der Waals surface area contributed by atoms with Crippen molar-refractivity contribution in [1.29, 1.82) is 0 Å². The summed E-state index contributed by atoms with van der Waals surface area (Å²) in [5.41, 5.74) is 1.36. The van der Waals surface area contributed by atoms with E-state index in [1.807, 2.05) is 30.2 Å². The number of aryl methyl sites for hydroxylation is 1. The highest BCUT2D eigenvalue weighted by Crippen LogP contribution is 2.18. The molecule has 1 nitrogen and oxygen atoms in total. The van der Waals surface area contributed by atoms with Crippen LogP contribution >= 0.6 is 24.2 Å². The summed E-state index contributed by atoms with van der Waals surface area (Å²) >= 11 is 1.89. The van der Waals surface area contributed by atoms with Gasteiger partial charge in [0.25, 0.3) is 0 Å². The second-order valence-corrected chi connectivity index (χ2v) is 4.44. The van der Waals surface area contributed by atoms with Gasteiger partial charge in [0.15, 0.2) is 0 Å². The van der Waals surface area contributed by atoms with E-state index in [-0.39, 0.29) is 12.4 Å². The van der Waals surface area contributed by atoms with Crippen molar-refractivity contribution >= 4 is 24.2 Å². The minimum Gasteiger partial charge on any atom is -0.265 e. The number of halogens is 1. The number of benzene rings is 1. The van der Waals surface area contributed by atoms with Gasteiger partial charge in [-0.05, 0) is 36.2 Å². The van der Waals surface area contributed by atoms with Gasteiger partial charge in [-0.2, -0.15) is 0 Å². The molecule has 2 aromatic rings. The fourth-order valence-electron chi connectivity index (χ4n) is 1.35. The lowest BCUT2D eigenvalue weighted by atomic mass is 10.2. The van der Waals surface area contributed by atoms with Gasteiger partial charge < -0.3 is 0 Å². The Hall–Kier alpha value is -0.990. The maximum Gasteiger partial charge on any atom is 0.0270 e. The van der Waals surface area contributed by atoms with Crippen molar-refractivity contribution in [3.05, 3.63) is 60.4 Å². The van der Waals surface area contributed by atoms with Crippen LogP contribution in [-0.2, 0) is 6.42 Å². The molecule has 0 saturated heterocycles. The molecule has 0 unspecified atom stereocenters. The average Bonchev–Trinajstić information content (AvgIpc) is 2.32. The molecule has 1 aromatic carbocycles. The van der Waals surface area contributed by atoms with Crippen LogP contribution in [0.4, 0.5) is 0 Å². The third-order valence-electron chi connectivity index (χ3n) is 2.15. The van der Waals surface area contributed by atoms with Gasteiger partial charge in [0.2, 0.25) is 0 Å². The van der Waals surface area contributed by atoms with Crippen molar-refractivity contribution < 1.29 is 0 Å². The summed E-state index contributed by atoms with van der Waals surface area (Å²) in [7, 11) is 0. The predicted molar refractivity (Wildman–Crippen MR) is 72.4 cm³/mol. The number of aromatic nitrogens is 1. The monoisotopic (exact) mass is 251 g/mol. The number of hydrogen-bond acceptors (Lipinski definition) is 2. The van der Waals surface area contributed by atoms with E-state index in [4.69, 9.17) is 0 Å². The molecule has 0 aliphatic heterocycles. The summed E-state index contributed by atoms with van der Waals surface area (Å²) in [6.45, 7) is 0. The zero-order chi connectivity index (χ0) is 10.3. The van der Waals surface area contributed by atoms with E-state index in [0.717, 1.165) is 12.2 Å². The largest absolute Gasteiger partial charge is 0.265 e. The van der Waals surface area contributed by atoms with Gasteiger partial charge in [-0.3, -0.25) is 4.98 Å². The van der Waals surface area contributed by atoms with Crippen LogP contribution in [-0.4, -0.2) is 10.7 Å². The van der Waals surface area contributed by atoms with E-state index >= 15 is 0 Å². The molecule has 0 fully saturated rings. The molecule has 0 spiro atoms. The number of hydrogen-bond donors (Lipinski definition) is 0. The zero-order valence-corrected chi connectivity index (χ0v) is 10.5. The van der Waals surface area contributed by atoms with E-state index < -0.39 is 0 Å². The maximum absolute atomic E-state index is 4.00. The molecule has 1 heterocycles. The zero-order valence-electron chi connectivity index (χ0n) is 8.87. The second-order valence-electron chi connectivity index (χ2n) is 3.27. The van der Waals surface area contributed by atoms with Crippen LogP contribution in [0.1, 0.15) is 5.56 Å². The molecule has 3 heteroatoms. The maximum atomic E-state index is 4.00. The Labute approximate surface area is 107 Å². The first-order valence-corrected chi connectivity index (χ1v) is 6.00. The fraction of sp³-hybridized carbons (Fsp3) is 0.154. The molecule has 2 rings (SSSR count). The molecule has 0 N–H and O–H groups in total. The normalized spacial score (nSPS) is 9.50. The first-order valence-electron chi connectivity index (χ1n) is 5.02. The lowest BCUT2D eigenvalue weighted by molar-refractivity contribution is 1.13. The molecule has 84 valence electrons. The standard InChI is InChI=1S/C13H13NS.ClH/c1-2-4-13(5-3-1)15-11-8-12-6-9-14-10-7-12;/h1-7,9-10H,8,11H2;1H. The molecular formula is C13H14ClNS. The number of pyridine rings is 1.